The van der Waals surface area contributed by atoms with Crippen LogP contribution in [0.2, 0.25) is 0 Å². The Morgan fingerprint density at radius 3 is 2.83 bits per heavy atom. The molecule has 1 N–H and O–H groups in total. The summed E-state index contributed by atoms with van der Waals surface area (Å²) in [4.78, 5) is 2.55. The van der Waals surface area contributed by atoms with Crippen molar-refractivity contribution in [3.63, 3.8) is 0 Å². The number of ether oxygens (including phenoxy) is 1. The van der Waals surface area contributed by atoms with Gasteiger partial charge < -0.3 is 4.74 Å². The Kier molecular flexibility index (Phi) is 6.04. The van der Waals surface area contributed by atoms with Crippen LogP contribution in [-0.2, 0) is 6.54 Å². The molecule has 4 rings (SSSR count). The third kappa shape index (κ3) is 4.55. The SMILES string of the molecule is CC(C)Oc1cccc(CN2CC[C@]3(CNSN3c3cccc(F)c3)C[C@@H]2C)c1. The molecule has 2 aromatic carbocycles. The minimum atomic E-state index is -0.181. The molecule has 2 saturated heterocycles. The van der Waals surface area contributed by atoms with Crippen LogP contribution in [0.15, 0.2) is 48.5 Å². The lowest BCUT2D eigenvalue weighted by molar-refractivity contribution is 0.106. The summed E-state index contributed by atoms with van der Waals surface area (Å²) in [6.07, 6.45) is 2.28. The minimum absolute atomic E-state index is 0.0248. The number of halogens is 1. The zero-order valence-electron chi connectivity index (χ0n) is 17.4. The number of nitrogens with zero attached hydrogens (tertiary/aromatic N) is 2. The quantitative estimate of drug-likeness (QED) is 0.693. The highest BCUT2D eigenvalue weighted by Gasteiger charge is 2.46. The number of hydrogen-bond acceptors (Lipinski definition) is 5. The molecule has 0 radical (unpaired) electrons. The van der Waals surface area contributed by atoms with E-state index in [1.807, 2.05) is 12.1 Å². The van der Waals surface area contributed by atoms with Crippen LogP contribution in [0.1, 0.15) is 39.2 Å². The van der Waals surface area contributed by atoms with Crippen molar-refractivity contribution in [1.29, 1.82) is 0 Å². The predicted octanol–water partition coefficient (Wildman–Crippen LogP) is 5.01. The van der Waals surface area contributed by atoms with Gasteiger partial charge >= 0.3 is 0 Å². The first-order valence-corrected chi connectivity index (χ1v) is 11.2. The lowest BCUT2D eigenvalue weighted by atomic mass is 9.83. The zero-order chi connectivity index (χ0) is 20.4. The molecule has 2 heterocycles. The van der Waals surface area contributed by atoms with Crippen molar-refractivity contribution in [1.82, 2.24) is 9.62 Å². The molecule has 0 saturated carbocycles. The summed E-state index contributed by atoms with van der Waals surface area (Å²) in [5.41, 5.74) is 2.25. The normalized spacial score (nSPS) is 25.1. The second-order valence-electron chi connectivity index (χ2n) is 8.50. The summed E-state index contributed by atoms with van der Waals surface area (Å²) in [6, 6.07) is 15.8. The smallest absolute Gasteiger partial charge is 0.125 e. The Bertz CT molecular complexity index is 848. The summed E-state index contributed by atoms with van der Waals surface area (Å²) in [6.45, 7) is 9.28. The van der Waals surface area contributed by atoms with E-state index in [0.29, 0.717) is 6.04 Å². The van der Waals surface area contributed by atoms with Crippen molar-refractivity contribution in [2.75, 3.05) is 17.4 Å². The summed E-state index contributed by atoms with van der Waals surface area (Å²) in [5, 5.41) is 0. The van der Waals surface area contributed by atoms with Crippen molar-refractivity contribution in [2.45, 2.75) is 57.8 Å². The first-order valence-electron chi connectivity index (χ1n) is 10.4. The standard InChI is InChI=1S/C23H30FN3OS/c1-17(2)28-22-9-4-6-19(12-22)15-26-11-10-23(14-18(26)3)16-25-29-27(23)21-8-5-7-20(24)13-21/h4-9,12-13,17-18,25H,10-11,14-16H2,1-3H3/t18-,23+/m0/s1. The van der Waals surface area contributed by atoms with Crippen molar-refractivity contribution in [3.8, 4) is 5.75 Å². The molecule has 0 aromatic heterocycles. The lowest BCUT2D eigenvalue weighted by Crippen LogP contribution is -2.56. The molecule has 2 fully saturated rings. The molecular formula is C23H30FN3OS. The van der Waals surface area contributed by atoms with Crippen molar-refractivity contribution in [3.05, 3.63) is 59.9 Å². The fraction of sp³-hybridized carbons (Fsp3) is 0.478. The van der Waals surface area contributed by atoms with Crippen molar-refractivity contribution >= 4 is 17.8 Å². The fourth-order valence-corrected chi connectivity index (χ4v) is 5.59. The average molecular weight is 416 g/mol. The van der Waals surface area contributed by atoms with Crippen molar-refractivity contribution in [2.24, 2.45) is 0 Å². The van der Waals surface area contributed by atoms with Crippen LogP contribution in [0.3, 0.4) is 0 Å². The molecule has 2 aromatic rings. The van der Waals surface area contributed by atoms with Crippen LogP contribution in [0.5, 0.6) is 5.75 Å². The maximum atomic E-state index is 13.8. The highest BCUT2D eigenvalue weighted by atomic mass is 32.2. The van der Waals surface area contributed by atoms with E-state index in [1.54, 1.807) is 24.3 Å². The van der Waals surface area contributed by atoms with Crippen LogP contribution in [0.4, 0.5) is 10.1 Å². The maximum absolute atomic E-state index is 13.8. The Balaban J connectivity index is 1.45. The number of rotatable bonds is 5. The Hall–Kier alpha value is -1.76. The van der Waals surface area contributed by atoms with Crippen LogP contribution in [0, 0.1) is 5.82 Å². The highest BCUT2D eigenvalue weighted by Crippen LogP contribution is 2.43. The summed E-state index contributed by atoms with van der Waals surface area (Å²) < 4.78 is 25.4. The molecule has 156 valence electrons. The van der Waals surface area contributed by atoms with Gasteiger partial charge in [0.05, 0.1) is 17.3 Å². The fourth-order valence-electron chi connectivity index (χ4n) is 4.49. The van der Waals surface area contributed by atoms with Gasteiger partial charge in [0, 0.05) is 37.8 Å². The topological polar surface area (TPSA) is 27.7 Å². The van der Waals surface area contributed by atoms with Gasteiger partial charge in [0.15, 0.2) is 0 Å². The summed E-state index contributed by atoms with van der Waals surface area (Å²) in [5.74, 6) is 0.756. The predicted molar refractivity (Wildman–Crippen MR) is 119 cm³/mol. The van der Waals surface area contributed by atoms with Gasteiger partial charge in [-0.3, -0.25) is 9.21 Å². The number of nitrogens with one attached hydrogen (secondary N) is 1. The molecule has 2 aliphatic rings. The number of hydrogen-bond donors (Lipinski definition) is 1. The van der Waals surface area contributed by atoms with E-state index in [2.05, 4.69) is 52.9 Å². The summed E-state index contributed by atoms with van der Waals surface area (Å²) >= 11 is 1.61. The van der Waals surface area contributed by atoms with Crippen LogP contribution in [-0.4, -0.2) is 35.7 Å². The molecule has 29 heavy (non-hydrogen) atoms. The van der Waals surface area contributed by atoms with Gasteiger partial charge in [-0.25, -0.2) is 9.11 Å². The van der Waals surface area contributed by atoms with Gasteiger partial charge in [-0.2, -0.15) is 0 Å². The molecule has 2 aliphatic heterocycles. The van der Waals surface area contributed by atoms with Gasteiger partial charge in [0.2, 0.25) is 0 Å². The van der Waals surface area contributed by atoms with Gasteiger partial charge in [-0.1, -0.05) is 18.2 Å². The molecule has 0 unspecified atom stereocenters. The van der Waals surface area contributed by atoms with Gasteiger partial charge in [0.25, 0.3) is 0 Å². The Morgan fingerprint density at radius 1 is 1.24 bits per heavy atom. The lowest BCUT2D eigenvalue weighted by Gasteiger charge is -2.47. The van der Waals surface area contributed by atoms with Crippen LogP contribution >= 0.6 is 12.1 Å². The van der Waals surface area contributed by atoms with E-state index < -0.39 is 0 Å². The van der Waals surface area contributed by atoms with Crippen molar-refractivity contribution < 1.29 is 9.13 Å². The molecule has 6 heteroatoms. The zero-order valence-corrected chi connectivity index (χ0v) is 18.2. The number of likely N-dealkylation sites (tertiary alicyclic amines) is 1. The first kappa shape index (κ1) is 20.5. The molecule has 2 atom stereocenters. The maximum Gasteiger partial charge on any atom is 0.125 e. The highest BCUT2D eigenvalue weighted by molar-refractivity contribution is 7.99. The minimum Gasteiger partial charge on any atom is -0.491 e. The van der Waals surface area contributed by atoms with E-state index in [9.17, 15) is 4.39 Å². The monoisotopic (exact) mass is 415 g/mol. The number of piperidine rings is 1. The second kappa shape index (κ2) is 8.54. The van der Waals surface area contributed by atoms with Crippen LogP contribution < -0.4 is 13.8 Å². The molecule has 1 spiro atoms. The van der Waals surface area contributed by atoms with E-state index >= 15 is 0 Å². The Labute approximate surface area is 177 Å². The molecular weight excluding hydrogens is 385 g/mol. The summed E-state index contributed by atoms with van der Waals surface area (Å²) in [7, 11) is 0. The third-order valence-corrected chi connectivity index (χ3v) is 6.90. The first-order chi connectivity index (χ1) is 13.9. The molecule has 4 nitrogen and oxygen atoms in total. The molecule has 0 amide bonds. The molecule has 0 aliphatic carbocycles. The third-order valence-electron chi connectivity index (χ3n) is 5.85. The van der Waals surface area contributed by atoms with Gasteiger partial charge in [-0.15, -0.1) is 0 Å². The van der Waals surface area contributed by atoms with E-state index in [4.69, 9.17) is 4.74 Å². The molecule has 0 bridgehead atoms. The number of anilines is 1. The van der Waals surface area contributed by atoms with E-state index in [-0.39, 0.29) is 17.5 Å². The van der Waals surface area contributed by atoms with Gasteiger partial charge in [-0.05, 0) is 69.5 Å². The largest absolute Gasteiger partial charge is 0.491 e. The van der Waals surface area contributed by atoms with E-state index in [1.165, 1.54) is 11.6 Å². The second-order valence-corrected chi connectivity index (χ2v) is 9.34. The van der Waals surface area contributed by atoms with Gasteiger partial charge in [0.1, 0.15) is 11.6 Å². The van der Waals surface area contributed by atoms with Crippen LogP contribution in [0.25, 0.3) is 0 Å². The average Bonchev–Trinajstić information content (AvgIpc) is 3.07. The van der Waals surface area contributed by atoms with E-state index in [0.717, 1.165) is 43.9 Å². The Morgan fingerprint density at radius 2 is 2.07 bits per heavy atom. The number of benzene rings is 2.